The number of hydrogen-bond acceptors (Lipinski definition) is 4. The van der Waals surface area contributed by atoms with Crippen LogP contribution in [0.1, 0.15) is 40.6 Å². The number of primary amides is 1. The van der Waals surface area contributed by atoms with Gasteiger partial charge in [-0.1, -0.05) is 13.3 Å². The monoisotopic (exact) mass is 286 g/mol. The number of amides is 2. The Balaban J connectivity index is 3.10. The molecule has 0 aliphatic heterocycles. The minimum Gasteiger partial charge on any atom is -0.365 e. The summed E-state index contributed by atoms with van der Waals surface area (Å²) in [4.78, 5) is 23.9. The smallest absolute Gasteiger partial charge is 0.251 e. The van der Waals surface area contributed by atoms with Crippen molar-refractivity contribution in [2.45, 2.75) is 33.1 Å². The van der Waals surface area contributed by atoms with Crippen LogP contribution in [-0.4, -0.2) is 17.6 Å². The lowest BCUT2D eigenvalue weighted by atomic mass is 10.0. The average Bonchev–Trinajstić information content (AvgIpc) is 2.62. The molecule has 0 bridgehead atoms. The van der Waals surface area contributed by atoms with Gasteiger partial charge in [0.15, 0.2) is 0 Å². The number of thiol groups is 1. The van der Waals surface area contributed by atoms with Crippen molar-refractivity contribution in [2.75, 3.05) is 11.1 Å². The highest BCUT2D eigenvalue weighted by Gasteiger charge is 2.20. The molecule has 6 heteroatoms. The number of aryl methyl sites for hydroxylation is 1. The van der Waals surface area contributed by atoms with Gasteiger partial charge in [-0.25, -0.2) is 0 Å². The van der Waals surface area contributed by atoms with Crippen LogP contribution in [0.4, 0.5) is 5.00 Å². The molecule has 0 radical (unpaired) electrons. The van der Waals surface area contributed by atoms with Crippen LogP contribution in [0.15, 0.2) is 0 Å². The third kappa shape index (κ3) is 3.49. The van der Waals surface area contributed by atoms with Gasteiger partial charge in [0.05, 0.1) is 11.3 Å². The number of carbonyl (C=O) groups is 2. The molecule has 1 rings (SSSR count). The summed E-state index contributed by atoms with van der Waals surface area (Å²) in [7, 11) is 0. The SMILES string of the molecule is CCCCc1c(C)sc(NC(=O)CS)c1C(N)=O. The number of thiophene rings is 1. The first kappa shape index (κ1) is 15.0. The van der Waals surface area contributed by atoms with Gasteiger partial charge < -0.3 is 11.1 Å². The largest absolute Gasteiger partial charge is 0.365 e. The van der Waals surface area contributed by atoms with Crippen LogP contribution in [0.25, 0.3) is 0 Å². The zero-order valence-electron chi connectivity index (χ0n) is 10.6. The average molecular weight is 286 g/mol. The Kier molecular flexibility index (Phi) is 5.68. The van der Waals surface area contributed by atoms with E-state index in [2.05, 4.69) is 24.9 Å². The molecule has 0 aromatic carbocycles. The fourth-order valence-corrected chi connectivity index (χ4v) is 2.95. The van der Waals surface area contributed by atoms with E-state index in [-0.39, 0.29) is 11.7 Å². The van der Waals surface area contributed by atoms with Gasteiger partial charge >= 0.3 is 0 Å². The van der Waals surface area contributed by atoms with Crippen molar-refractivity contribution >= 4 is 40.8 Å². The Morgan fingerprint density at radius 3 is 2.61 bits per heavy atom. The first-order valence-corrected chi connectivity index (χ1v) is 7.28. The minimum absolute atomic E-state index is 0.0828. The molecule has 4 nitrogen and oxygen atoms in total. The summed E-state index contributed by atoms with van der Waals surface area (Å²) in [5, 5.41) is 3.23. The number of nitrogens with two attached hydrogens (primary N) is 1. The quantitative estimate of drug-likeness (QED) is 0.702. The van der Waals surface area contributed by atoms with Crippen LogP contribution in [0.5, 0.6) is 0 Å². The molecule has 100 valence electrons. The Labute approximate surface area is 116 Å². The third-order valence-electron chi connectivity index (χ3n) is 2.63. The highest BCUT2D eigenvalue weighted by atomic mass is 32.1. The van der Waals surface area contributed by atoms with Gasteiger partial charge in [0.25, 0.3) is 5.91 Å². The summed E-state index contributed by atoms with van der Waals surface area (Å²) in [6, 6.07) is 0. The van der Waals surface area contributed by atoms with Gasteiger partial charge in [-0.15, -0.1) is 11.3 Å². The molecule has 0 aliphatic carbocycles. The molecule has 3 N–H and O–H groups in total. The van der Waals surface area contributed by atoms with Crippen molar-refractivity contribution < 1.29 is 9.59 Å². The van der Waals surface area contributed by atoms with Gasteiger partial charge in [-0.3, -0.25) is 9.59 Å². The molecule has 0 unspecified atom stereocenters. The van der Waals surface area contributed by atoms with Gasteiger partial charge in [0.2, 0.25) is 5.91 Å². The van der Waals surface area contributed by atoms with Crippen molar-refractivity contribution in [1.29, 1.82) is 0 Å². The minimum atomic E-state index is -0.486. The Morgan fingerprint density at radius 1 is 1.44 bits per heavy atom. The van der Waals surface area contributed by atoms with Gasteiger partial charge in [0.1, 0.15) is 5.00 Å². The molecule has 1 aromatic heterocycles. The van der Waals surface area contributed by atoms with E-state index in [9.17, 15) is 9.59 Å². The summed E-state index contributed by atoms with van der Waals surface area (Å²) in [5.41, 5.74) is 6.84. The van der Waals surface area contributed by atoms with Crippen molar-refractivity contribution in [3.63, 3.8) is 0 Å². The van der Waals surface area contributed by atoms with Crippen molar-refractivity contribution in [3.05, 3.63) is 16.0 Å². The Morgan fingerprint density at radius 2 is 2.11 bits per heavy atom. The van der Waals surface area contributed by atoms with E-state index in [1.807, 2.05) is 6.92 Å². The van der Waals surface area contributed by atoms with Crippen LogP contribution >= 0.6 is 24.0 Å². The van der Waals surface area contributed by atoms with E-state index in [0.717, 1.165) is 29.7 Å². The highest BCUT2D eigenvalue weighted by molar-refractivity contribution is 7.81. The van der Waals surface area contributed by atoms with Crippen LogP contribution in [0.3, 0.4) is 0 Å². The maximum Gasteiger partial charge on any atom is 0.251 e. The summed E-state index contributed by atoms with van der Waals surface area (Å²) in [5.74, 6) is -0.636. The molecule has 2 amide bonds. The van der Waals surface area contributed by atoms with Crippen LogP contribution in [0.2, 0.25) is 0 Å². The summed E-state index contributed by atoms with van der Waals surface area (Å²) >= 11 is 5.29. The fourth-order valence-electron chi connectivity index (χ4n) is 1.75. The lowest BCUT2D eigenvalue weighted by Gasteiger charge is -2.05. The van der Waals surface area contributed by atoms with E-state index in [0.29, 0.717) is 10.6 Å². The maximum atomic E-state index is 11.5. The number of nitrogens with one attached hydrogen (secondary N) is 1. The molecule has 1 heterocycles. The molecule has 1 aromatic rings. The molecule has 0 saturated carbocycles. The van der Waals surface area contributed by atoms with Gasteiger partial charge in [0, 0.05) is 4.88 Å². The number of rotatable bonds is 6. The third-order valence-corrected chi connectivity index (χ3v) is 3.98. The summed E-state index contributed by atoms with van der Waals surface area (Å²) < 4.78 is 0. The first-order chi connectivity index (χ1) is 8.51. The number of anilines is 1. The Bertz CT molecular complexity index is 455. The number of carbonyl (C=O) groups excluding carboxylic acids is 2. The second-order valence-electron chi connectivity index (χ2n) is 4.02. The second kappa shape index (κ2) is 6.80. The number of hydrogen-bond donors (Lipinski definition) is 3. The van der Waals surface area contributed by atoms with E-state index in [1.54, 1.807) is 0 Å². The van der Waals surface area contributed by atoms with E-state index in [4.69, 9.17) is 5.73 Å². The standard InChI is InChI=1S/C12H18N2O2S2/c1-3-4-5-8-7(2)18-12(10(8)11(13)16)14-9(15)6-17/h17H,3-6H2,1-2H3,(H2,13,16)(H,14,15). The lowest BCUT2D eigenvalue weighted by molar-refractivity contribution is -0.113. The number of unbranched alkanes of at least 4 members (excludes halogenated alkanes) is 1. The predicted molar refractivity (Wildman–Crippen MR) is 78.7 cm³/mol. The lowest BCUT2D eigenvalue weighted by Crippen LogP contribution is -2.18. The topological polar surface area (TPSA) is 72.2 Å². The van der Waals surface area contributed by atoms with Gasteiger partial charge in [-0.05, 0) is 25.3 Å². The zero-order valence-corrected chi connectivity index (χ0v) is 12.3. The van der Waals surface area contributed by atoms with Crippen molar-refractivity contribution in [2.24, 2.45) is 5.73 Å². The van der Waals surface area contributed by atoms with Crippen LogP contribution in [0, 0.1) is 6.92 Å². The summed E-state index contributed by atoms with van der Waals surface area (Å²) in [6.45, 7) is 4.04. The maximum absolute atomic E-state index is 11.5. The normalized spacial score (nSPS) is 10.4. The fraction of sp³-hybridized carbons (Fsp3) is 0.500. The van der Waals surface area contributed by atoms with Gasteiger partial charge in [-0.2, -0.15) is 12.6 Å². The molecule has 0 saturated heterocycles. The highest BCUT2D eigenvalue weighted by Crippen LogP contribution is 2.33. The molecule has 0 fully saturated rings. The van der Waals surface area contributed by atoms with Crippen LogP contribution < -0.4 is 11.1 Å². The van der Waals surface area contributed by atoms with Crippen molar-refractivity contribution in [1.82, 2.24) is 0 Å². The molecule has 18 heavy (non-hydrogen) atoms. The zero-order chi connectivity index (χ0) is 13.7. The predicted octanol–water partition coefficient (Wildman–Crippen LogP) is 2.37. The molecule has 0 spiro atoms. The molecular formula is C12H18N2O2S2. The Hall–Kier alpha value is -1.01. The van der Waals surface area contributed by atoms with Crippen LogP contribution in [-0.2, 0) is 11.2 Å². The van der Waals surface area contributed by atoms with Crippen molar-refractivity contribution in [3.8, 4) is 0 Å². The second-order valence-corrected chi connectivity index (χ2v) is 5.56. The molecular weight excluding hydrogens is 268 g/mol. The molecule has 0 atom stereocenters. The molecule has 0 aliphatic rings. The van der Waals surface area contributed by atoms with E-state index < -0.39 is 5.91 Å². The summed E-state index contributed by atoms with van der Waals surface area (Å²) in [6.07, 6.45) is 2.86. The van der Waals surface area contributed by atoms with E-state index in [1.165, 1.54) is 11.3 Å². The first-order valence-electron chi connectivity index (χ1n) is 5.84. The van der Waals surface area contributed by atoms with E-state index >= 15 is 0 Å².